The molecule has 20 heavy (non-hydrogen) atoms. The fourth-order valence-electron chi connectivity index (χ4n) is 4.47. The molecule has 2 saturated carbocycles. The highest BCUT2D eigenvalue weighted by Crippen LogP contribution is 2.37. The molecule has 2 aliphatic heterocycles. The van der Waals surface area contributed by atoms with E-state index in [-0.39, 0.29) is 0 Å². The van der Waals surface area contributed by atoms with Crippen molar-refractivity contribution in [2.45, 2.75) is 63.2 Å². The summed E-state index contributed by atoms with van der Waals surface area (Å²) in [6, 6.07) is 0.450. The van der Waals surface area contributed by atoms with E-state index in [4.69, 9.17) is 9.73 Å². The van der Waals surface area contributed by atoms with Gasteiger partial charge in [-0.2, -0.15) is 0 Å². The Labute approximate surface area is 122 Å². The summed E-state index contributed by atoms with van der Waals surface area (Å²) in [5.74, 6) is 1.98. The molecule has 1 saturated heterocycles. The molecule has 2 heterocycles. The first-order valence-electron chi connectivity index (χ1n) is 8.60. The van der Waals surface area contributed by atoms with Crippen LogP contribution in [0.2, 0.25) is 0 Å². The van der Waals surface area contributed by atoms with Gasteiger partial charge in [-0.1, -0.05) is 12.8 Å². The monoisotopic (exact) mass is 277 g/mol. The zero-order valence-corrected chi connectivity index (χ0v) is 12.4. The van der Waals surface area contributed by atoms with E-state index in [2.05, 4.69) is 10.2 Å². The molecular formula is C16H27N3O. The van der Waals surface area contributed by atoms with Crippen LogP contribution in [0.5, 0.6) is 0 Å². The van der Waals surface area contributed by atoms with E-state index in [1.807, 2.05) is 0 Å². The molecule has 0 amide bonds. The number of nitrogens with zero attached hydrogens (tertiary/aromatic N) is 2. The van der Waals surface area contributed by atoms with Gasteiger partial charge in [0, 0.05) is 32.1 Å². The van der Waals surface area contributed by atoms with Crippen LogP contribution >= 0.6 is 0 Å². The van der Waals surface area contributed by atoms with E-state index >= 15 is 0 Å². The molecule has 0 aromatic heterocycles. The van der Waals surface area contributed by atoms with Gasteiger partial charge in [0.05, 0.1) is 18.2 Å². The fraction of sp³-hybridized carbons (Fsp3) is 0.938. The van der Waals surface area contributed by atoms with Gasteiger partial charge in [0.2, 0.25) is 0 Å². The van der Waals surface area contributed by atoms with Crippen LogP contribution in [-0.2, 0) is 4.74 Å². The van der Waals surface area contributed by atoms with Gasteiger partial charge in [0.15, 0.2) is 0 Å². The summed E-state index contributed by atoms with van der Waals surface area (Å²) in [5.41, 5.74) is 0. The Hall–Kier alpha value is -0.610. The average Bonchev–Trinajstić information content (AvgIpc) is 2.87. The molecule has 4 rings (SSSR count). The maximum Gasteiger partial charge on any atom is 0.105 e. The lowest BCUT2D eigenvalue weighted by molar-refractivity contribution is -0.0425. The first-order chi connectivity index (χ1) is 9.92. The number of amidine groups is 1. The van der Waals surface area contributed by atoms with E-state index in [9.17, 15) is 0 Å². The molecule has 4 nitrogen and oxygen atoms in total. The summed E-state index contributed by atoms with van der Waals surface area (Å²) in [6.45, 7) is 4.45. The topological polar surface area (TPSA) is 36.9 Å². The SMILES string of the molecule is C1CC2N=C(N3CCNCC3)C3CCCCC3OC2C1. The molecular weight excluding hydrogens is 250 g/mol. The molecule has 0 aromatic carbocycles. The second-order valence-electron chi connectivity index (χ2n) is 6.83. The van der Waals surface area contributed by atoms with Gasteiger partial charge in [0.1, 0.15) is 5.84 Å². The Morgan fingerprint density at radius 1 is 0.950 bits per heavy atom. The van der Waals surface area contributed by atoms with Crippen molar-refractivity contribution in [3.63, 3.8) is 0 Å². The van der Waals surface area contributed by atoms with Crippen LogP contribution < -0.4 is 5.32 Å². The molecule has 2 aliphatic carbocycles. The van der Waals surface area contributed by atoms with Crippen LogP contribution in [0.15, 0.2) is 4.99 Å². The summed E-state index contributed by atoms with van der Waals surface area (Å²) in [6.07, 6.45) is 9.85. The number of hydrogen-bond acceptors (Lipinski definition) is 4. The summed E-state index contributed by atoms with van der Waals surface area (Å²) < 4.78 is 6.50. The predicted molar refractivity (Wildman–Crippen MR) is 80.1 cm³/mol. The third-order valence-electron chi connectivity index (χ3n) is 5.54. The van der Waals surface area contributed by atoms with Crippen molar-refractivity contribution in [2.24, 2.45) is 10.9 Å². The number of hydrogen-bond donors (Lipinski definition) is 1. The first kappa shape index (κ1) is 13.1. The molecule has 0 radical (unpaired) electrons. The summed E-state index contributed by atoms with van der Waals surface area (Å²) in [7, 11) is 0. The van der Waals surface area contributed by atoms with E-state index in [1.54, 1.807) is 0 Å². The molecule has 4 atom stereocenters. The van der Waals surface area contributed by atoms with Crippen molar-refractivity contribution in [3.8, 4) is 0 Å². The molecule has 0 bridgehead atoms. The number of rotatable bonds is 0. The Balaban J connectivity index is 1.63. The third kappa shape index (κ3) is 2.37. The van der Waals surface area contributed by atoms with Crippen LogP contribution in [0.4, 0.5) is 0 Å². The Morgan fingerprint density at radius 3 is 2.65 bits per heavy atom. The van der Waals surface area contributed by atoms with Gasteiger partial charge in [0.25, 0.3) is 0 Å². The Bertz CT molecular complexity index is 378. The maximum absolute atomic E-state index is 6.50. The standard InChI is InChI=1S/C16H27N3O/c1-2-6-14-12(4-1)16(19-10-8-17-9-11-19)18-13-5-3-7-15(13)20-14/h12-15,17H,1-11H2. The zero-order valence-electron chi connectivity index (χ0n) is 12.4. The van der Waals surface area contributed by atoms with Crippen LogP contribution in [0.1, 0.15) is 44.9 Å². The smallest absolute Gasteiger partial charge is 0.105 e. The van der Waals surface area contributed by atoms with Gasteiger partial charge in [-0.25, -0.2) is 0 Å². The normalized spacial score (nSPS) is 41.6. The van der Waals surface area contributed by atoms with Crippen molar-refractivity contribution in [1.29, 1.82) is 0 Å². The highest BCUT2D eigenvalue weighted by atomic mass is 16.5. The van der Waals surface area contributed by atoms with Crippen LogP contribution in [0.25, 0.3) is 0 Å². The third-order valence-corrected chi connectivity index (χ3v) is 5.54. The lowest BCUT2D eigenvalue weighted by Gasteiger charge is -2.38. The fourth-order valence-corrected chi connectivity index (χ4v) is 4.47. The lowest BCUT2D eigenvalue weighted by atomic mass is 9.85. The molecule has 0 spiro atoms. The molecule has 0 aromatic rings. The minimum Gasteiger partial charge on any atom is -0.372 e. The van der Waals surface area contributed by atoms with E-state index in [0.29, 0.717) is 24.2 Å². The number of aliphatic imine (C=N–C) groups is 1. The van der Waals surface area contributed by atoms with Crippen LogP contribution in [0.3, 0.4) is 0 Å². The molecule has 4 unspecified atom stereocenters. The Morgan fingerprint density at radius 2 is 1.75 bits per heavy atom. The minimum absolute atomic E-state index is 0.418. The van der Waals surface area contributed by atoms with Gasteiger partial charge in [-0.15, -0.1) is 0 Å². The van der Waals surface area contributed by atoms with Crippen LogP contribution in [0, 0.1) is 5.92 Å². The second kappa shape index (κ2) is 5.64. The van der Waals surface area contributed by atoms with Gasteiger partial charge < -0.3 is 15.0 Å². The minimum atomic E-state index is 0.418. The zero-order chi connectivity index (χ0) is 13.4. The summed E-state index contributed by atoms with van der Waals surface area (Å²) >= 11 is 0. The van der Waals surface area contributed by atoms with Crippen LogP contribution in [-0.4, -0.2) is 55.2 Å². The first-order valence-corrected chi connectivity index (χ1v) is 8.60. The van der Waals surface area contributed by atoms with Gasteiger partial charge in [-0.05, 0) is 32.1 Å². The molecule has 4 aliphatic rings. The molecule has 4 heteroatoms. The number of fused-ring (bicyclic) bond motifs is 2. The van der Waals surface area contributed by atoms with Crippen molar-refractivity contribution >= 4 is 5.84 Å². The van der Waals surface area contributed by atoms with E-state index < -0.39 is 0 Å². The highest BCUT2D eigenvalue weighted by molar-refractivity contribution is 5.86. The van der Waals surface area contributed by atoms with E-state index in [1.165, 1.54) is 50.8 Å². The largest absolute Gasteiger partial charge is 0.372 e. The Kier molecular flexibility index (Phi) is 3.69. The number of nitrogens with one attached hydrogen (secondary N) is 1. The second-order valence-corrected chi connectivity index (χ2v) is 6.83. The average molecular weight is 277 g/mol. The maximum atomic E-state index is 6.50. The summed E-state index contributed by atoms with van der Waals surface area (Å²) in [5, 5.41) is 3.46. The quantitative estimate of drug-likeness (QED) is 0.733. The van der Waals surface area contributed by atoms with Crippen molar-refractivity contribution in [1.82, 2.24) is 10.2 Å². The van der Waals surface area contributed by atoms with E-state index in [0.717, 1.165) is 26.2 Å². The molecule has 3 fully saturated rings. The van der Waals surface area contributed by atoms with Gasteiger partial charge >= 0.3 is 0 Å². The number of ether oxygens (including phenoxy) is 1. The van der Waals surface area contributed by atoms with Crippen molar-refractivity contribution in [2.75, 3.05) is 26.2 Å². The van der Waals surface area contributed by atoms with Crippen molar-refractivity contribution in [3.05, 3.63) is 0 Å². The predicted octanol–water partition coefficient (Wildman–Crippen LogP) is 1.80. The molecule has 1 N–H and O–H groups in total. The highest BCUT2D eigenvalue weighted by Gasteiger charge is 2.41. The van der Waals surface area contributed by atoms with Gasteiger partial charge in [-0.3, -0.25) is 4.99 Å². The van der Waals surface area contributed by atoms with Crippen molar-refractivity contribution < 1.29 is 4.74 Å². The summed E-state index contributed by atoms with van der Waals surface area (Å²) in [4.78, 5) is 7.79. The lowest BCUT2D eigenvalue weighted by Crippen LogP contribution is -2.50. The number of piperazine rings is 1. The molecule has 112 valence electrons.